The van der Waals surface area contributed by atoms with Gasteiger partial charge in [-0.3, -0.25) is 4.98 Å². The summed E-state index contributed by atoms with van der Waals surface area (Å²) >= 11 is 0. The molecule has 0 unspecified atom stereocenters. The van der Waals surface area contributed by atoms with Crippen LogP contribution >= 0.6 is 0 Å². The van der Waals surface area contributed by atoms with E-state index in [0.717, 1.165) is 0 Å². The maximum atomic E-state index is 13.9. The van der Waals surface area contributed by atoms with Crippen LogP contribution in [0.5, 0.6) is 5.75 Å². The van der Waals surface area contributed by atoms with E-state index in [-0.39, 0.29) is 24.6 Å². The minimum absolute atomic E-state index is 0.0254. The van der Waals surface area contributed by atoms with Gasteiger partial charge >= 0.3 is 0 Å². The molecule has 0 atom stereocenters. The van der Waals surface area contributed by atoms with Crippen molar-refractivity contribution in [3.63, 3.8) is 0 Å². The van der Waals surface area contributed by atoms with E-state index in [1.807, 2.05) is 0 Å². The summed E-state index contributed by atoms with van der Waals surface area (Å²) in [6, 6.07) is 2.52. The zero-order valence-corrected chi connectivity index (χ0v) is 11.7. The first-order chi connectivity index (χ1) is 9.95. The highest BCUT2D eigenvalue weighted by Crippen LogP contribution is 2.27. The lowest BCUT2D eigenvalue weighted by molar-refractivity contribution is 0.279. The molecule has 0 radical (unpaired) electrons. The monoisotopic (exact) mass is 294 g/mol. The molecule has 1 aromatic carbocycles. The van der Waals surface area contributed by atoms with Crippen molar-refractivity contribution in [3.05, 3.63) is 52.3 Å². The van der Waals surface area contributed by atoms with Crippen LogP contribution in [0.3, 0.4) is 0 Å². The van der Waals surface area contributed by atoms with E-state index in [0.29, 0.717) is 22.4 Å². The number of aromatic hydroxyl groups is 1. The van der Waals surface area contributed by atoms with Gasteiger partial charge in [-0.1, -0.05) is 6.07 Å². The highest BCUT2D eigenvalue weighted by atomic mass is 19.1. The summed E-state index contributed by atoms with van der Waals surface area (Å²) < 4.78 is 27.6. The number of anilines is 1. The Hall–Kier alpha value is -2.21. The lowest BCUT2D eigenvalue weighted by Gasteiger charge is -2.14. The van der Waals surface area contributed by atoms with Gasteiger partial charge in [0.1, 0.15) is 17.3 Å². The van der Waals surface area contributed by atoms with Crippen molar-refractivity contribution in [1.82, 2.24) is 4.98 Å². The molecule has 1 heterocycles. The van der Waals surface area contributed by atoms with Crippen molar-refractivity contribution < 1.29 is 19.0 Å². The molecule has 112 valence electrons. The highest BCUT2D eigenvalue weighted by molar-refractivity contribution is 5.51. The second-order valence-electron chi connectivity index (χ2n) is 4.76. The molecule has 21 heavy (non-hydrogen) atoms. The van der Waals surface area contributed by atoms with Gasteiger partial charge in [0, 0.05) is 23.9 Å². The molecule has 0 spiro atoms. The normalized spacial score (nSPS) is 10.7. The Morgan fingerprint density at radius 2 is 1.95 bits per heavy atom. The van der Waals surface area contributed by atoms with Gasteiger partial charge in [-0.15, -0.1) is 0 Å². The molecule has 3 N–H and O–H groups in total. The van der Waals surface area contributed by atoms with Crippen molar-refractivity contribution in [1.29, 1.82) is 0 Å². The van der Waals surface area contributed by atoms with Crippen LogP contribution in [0.1, 0.15) is 22.4 Å². The number of hydrogen-bond donors (Lipinski definition) is 3. The molecule has 2 aromatic rings. The molecule has 6 heteroatoms. The summed E-state index contributed by atoms with van der Waals surface area (Å²) in [4.78, 5) is 3.93. The molecule has 0 saturated heterocycles. The lowest BCUT2D eigenvalue weighted by atomic mass is 10.1. The van der Waals surface area contributed by atoms with Crippen molar-refractivity contribution in [2.24, 2.45) is 0 Å². The predicted molar refractivity (Wildman–Crippen MR) is 75.0 cm³/mol. The van der Waals surface area contributed by atoms with Crippen molar-refractivity contribution >= 4 is 5.69 Å². The first kappa shape index (κ1) is 15.2. The smallest absolute Gasteiger partial charge is 0.152 e. The zero-order chi connectivity index (χ0) is 15.6. The van der Waals surface area contributed by atoms with Crippen molar-refractivity contribution in [2.45, 2.75) is 27.0 Å². The molecule has 0 fully saturated rings. The van der Waals surface area contributed by atoms with Crippen LogP contribution in [0.25, 0.3) is 0 Å². The third-order valence-corrected chi connectivity index (χ3v) is 3.33. The first-order valence-corrected chi connectivity index (χ1v) is 6.41. The maximum absolute atomic E-state index is 13.9. The second-order valence-corrected chi connectivity index (χ2v) is 4.76. The van der Waals surface area contributed by atoms with Crippen LogP contribution in [0.4, 0.5) is 14.5 Å². The average Bonchev–Trinajstić information content (AvgIpc) is 2.47. The van der Waals surface area contributed by atoms with E-state index < -0.39 is 11.6 Å². The first-order valence-electron chi connectivity index (χ1n) is 6.41. The fourth-order valence-electron chi connectivity index (χ4n) is 2.01. The number of rotatable bonds is 4. The Bertz CT molecular complexity index is 675. The van der Waals surface area contributed by atoms with Crippen LogP contribution in [0.15, 0.2) is 18.3 Å². The third-order valence-electron chi connectivity index (χ3n) is 3.33. The van der Waals surface area contributed by atoms with Gasteiger partial charge < -0.3 is 15.5 Å². The number of aryl methyl sites for hydroxylation is 2. The van der Waals surface area contributed by atoms with E-state index >= 15 is 0 Å². The topological polar surface area (TPSA) is 65.4 Å². The summed E-state index contributed by atoms with van der Waals surface area (Å²) in [7, 11) is 0. The van der Waals surface area contributed by atoms with E-state index in [1.165, 1.54) is 25.3 Å². The van der Waals surface area contributed by atoms with Gasteiger partial charge in [-0.2, -0.15) is 0 Å². The summed E-state index contributed by atoms with van der Waals surface area (Å²) in [6.45, 7) is 2.79. The number of nitrogens with zero attached hydrogens (tertiary/aromatic N) is 1. The fourth-order valence-corrected chi connectivity index (χ4v) is 2.01. The number of hydrogen-bond acceptors (Lipinski definition) is 4. The predicted octanol–water partition coefficient (Wildman–Crippen LogP) is 2.79. The molecule has 0 aliphatic heterocycles. The number of halogens is 2. The molecule has 4 nitrogen and oxygen atoms in total. The van der Waals surface area contributed by atoms with Crippen LogP contribution < -0.4 is 5.32 Å². The van der Waals surface area contributed by atoms with Crippen LogP contribution in [0.2, 0.25) is 0 Å². The van der Waals surface area contributed by atoms with E-state index in [1.54, 1.807) is 6.92 Å². The molecule has 2 rings (SSSR count). The Labute approximate surface area is 121 Å². The van der Waals surface area contributed by atoms with Crippen molar-refractivity contribution in [2.75, 3.05) is 5.32 Å². The summed E-state index contributed by atoms with van der Waals surface area (Å²) in [5, 5.41) is 21.9. The van der Waals surface area contributed by atoms with Gasteiger partial charge in [0.05, 0.1) is 12.3 Å². The minimum atomic E-state index is -0.714. The lowest BCUT2D eigenvalue weighted by Crippen LogP contribution is -2.08. The maximum Gasteiger partial charge on any atom is 0.152 e. The molecule has 0 aliphatic carbocycles. The standard InChI is InChI=1S/C15H16F2N2O2/c1-8-3-4-12(16)14(13(8)17)19-6-11-10(7-20)5-18-9(2)15(11)21/h3-5,19-21H,6-7H2,1-2H3. The molecule has 1 aromatic heterocycles. The van der Waals surface area contributed by atoms with E-state index in [2.05, 4.69) is 10.3 Å². The number of benzene rings is 1. The van der Waals surface area contributed by atoms with Crippen LogP contribution in [-0.4, -0.2) is 15.2 Å². The van der Waals surface area contributed by atoms with E-state index in [4.69, 9.17) is 0 Å². The quantitative estimate of drug-likeness (QED) is 0.811. The molecule has 0 bridgehead atoms. The largest absolute Gasteiger partial charge is 0.506 e. The Morgan fingerprint density at radius 1 is 1.24 bits per heavy atom. The number of nitrogens with one attached hydrogen (secondary N) is 1. The molecule has 0 saturated carbocycles. The number of aliphatic hydroxyl groups excluding tert-OH is 1. The Kier molecular flexibility index (Phi) is 4.37. The van der Waals surface area contributed by atoms with Crippen LogP contribution in [0, 0.1) is 25.5 Å². The Morgan fingerprint density at radius 3 is 2.62 bits per heavy atom. The summed E-state index contributed by atoms with van der Waals surface area (Å²) in [5.74, 6) is -1.48. The van der Waals surface area contributed by atoms with Crippen molar-refractivity contribution in [3.8, 4) is 5.75 Å². The fraction of sp³-hybridized carbons (Fsp3) is 0.267. The molecular weight excluding hydrogens is 278 g/mol. The van der Waals surface area contributed by atoms with Gasteiger partial charge in [0.15, 0.2) is 5.82 Å². The summed E-state index contributed by atoms with van der Waals surface area (Å²) in [5.41, 5.74) is 1.21. The number of aromatic nitrogens is 1. The second kappa shape index (κ2) is 6.05. The van der Waals surface area contributed by atoms with E-state index in [9.17, 15) is 19.0 Å². The minimum Gasteiger partial charge on any atom is -0.506 e. The highest BCUT2D eigenvalue weighted by Gasteiger charge is 2.15. The molecule has 0 amide bonds. The number of pyridine rings is 1. The average molecular weight is 294 g/mol. The number of aliphatic hydroxyl groups is 1. The van der Waals surface area contributed by atoms with Gasteiger partial charge in [0.2, 0.25) is 0 Å². The SMILES string of the molecule is Cc1ccc(F)c(NCc2c(CO)cnc(C)c2O)c1F. The van der Waals surface area contributed by atoms with Gasteiger partial charge in [-0.05, 0) is 25.5 Å². The molecule has 0 aliphatic rings. The summed E-state index contributed by atoms with van der Waals surface area (Å²) in [6.07, 6.45) is 1.43. The van der Waals surface area contributed by atoms with Gasteiger partial charge in [0.25, 0.3) is 0 Å². The van der Waals surface area contributed by atoms with Crippen LogP contribution in [-0.2, 0) is 13.2 Å². The third kappa shape index (κ3) is 2.95. The molecular formula is C15H16F2N2O2. The Balaban J connectivity index is 2.33. The zero-order valence-electron chi connectivity index (χ0n) is 11.7. The van der Waals surface area contributed by atoms with Gasteiger partial charge in [-0.25, -0.2) is 8.78 Å².